The van der Waals surface area contributed by atoms with Crippen LogP contribution in [0.5, 0.6) is 0 Å². The Morgan fingerprint density at radius 3 is 2.44 bits per heavy atom. The molecule has 0 aliphatic heterocycles. The molecule has 25 heavy (non-hydrogen) atoms. The fourth-order valence-electron chi connectivity index (χ4n) is 2.87. The number of hydrogen-bond donors (Lipinski definition) is 0. The Bertz CT molecular complexity index is 1090. The molecule has 0 saturated carbocycles. The molecular weight excluding hydrogens is 330 g/mol. The van der Waals surface area contributed by atoms with E-state index in [0.29, 0.717) is 5.82 Å². The minimum absolute atomic E-state index is 0.630. The first-order valence-electron chi connectivity index (χ1n) is 8.09. The van der Waals surface area contributed by atoms with Crippen LogP contribution in [0.3, 0.4) is 0 Å². The highest BCUT2D eigenvalue weighted by Crippen LogP contribution is 2.30. The second-order valence-corrected chi connectivity index (χ2v) is 6.45. The van der Waals surface area contributed by atoms with Crippen LogP contribution in [0, 0.1) is 13.8 Å². The van der Waals surface area contributed by atoms with Gasteiger partial charge in [-0.05, 0) is 49.7 Å². The van der Waals surface area contributed by atoms with Crippen LogP contribution in [-0.4, -0.2) is 15.0 Å². The summed E-state index contributed by atoms with van der Waals surface area (Å²) in [5.74, 6) is 0.630. The lowest BCUT2D eigenvalue weighted by Crippen LogP contribution is -1.97. The zero-order valence-electron chi connectivity index (χ0n) is 14.0. The highest BCUT2D eigenvalue weighted by atomic mass is 35.5. The van der Waals surface area contributed by atoms with Crippen molar-refractivity contribution in [3.05, 3.63) is 76.9 Å². The van der Waals surface area contributed by atoms with Crippen molar-refractivity contribution in [2.75, 3.05) is 0 Å². The number of hydrogen-bond acceptors (Lipinski definition) is 3. The van der Waals surface area contributed by atoms with E-state index in [0.717, 1.165) is 44.1 Å². The Balaban J connectivity index is 2.00. The van der Waals surface area contributed by atoms with Crippen molar-refractivity contribution in [1.82, 2.24) is 15.0 Å². The van der Waals surface area contributed by atoms with Crippen molar-refractivity contribution >= 4 is 22.5 Å². The summed E-state index contributed by atoms with van der Waals surface area (Å²) in [7, 11) is 0. The summed E-state index contributed by atoms with van der Waals surface area (Å²) < 4.78 is 0. The molecule has 0 aliphatic rings. The lowest BCUT2D eigenvalue weighted by molar-refractivity contribution is 1.14. The number of fused-ring (bicyclic) bond motifs is 1. The molecule has 4 rings (SSSR count). The fraction of sp³-hybridized carbons (Fsp3) is 0.0952. The van der Waals surface area contributed by atoms with Crippen molar-refractivity contribution < 1.29 is 0 Å². The fourth-order valence-corrected chi connectivity index (χ4v) is 2.99. The summed E-state index contributed by atoms with van der Waals surface area (Å²) in [6, 6.07) is 19.9. The van der Waals surface area contributed by atoms with Gasteiger partial charge in [0.15, 0.2) is 5.82 Å². The lowest BCUT2D eigenvalue weighted by Gasteiger charge is -2.10. The first-order chi connectivity index (χ1) is 12.1. The molecule has 0 spiro atoms. The average Bonchev–Trinajstić information content (AvgIpc) is 2.63. The summed E-state index contributed by atoms with van der Waals surface area (Å²) in [6.45, 7) is 3.96. The van der Waals surface area contributed by atoms with Crippen LogP contribution in [0.25, 0.3) is 33.7 Å². The second-order valence-electron chi connectivity index (χ2n) is 6.04. The van der Waals surface area contributed by atoms with Crippen LogP contribution in [-0.2, 0) is 0 Å². The Kier molecular flexibility index (Phi) is 3.94. The molecule has 2 heterocycles. The molecule has 2 aromatic heterocycles. The van der Waals surface area contributed by atoms with E-state index in [1.165, 1.54) is 0 Å². The van der Waals surface area contributed by atoms with Crippen molar-refractivity contribution in [3.63, 3.8) is 0 Å². The molecule has 0 aliphatic carbocycles. The summed E-state index contributed by atoms with van der Waals surface area (Å²) in [5.41, 5.74) is 5.56. The van der Waals surface area contributed by atoms with Crippen molar-refractivity contribution in [3.8, 4) is 22.8 Å². The van der Waals surface area contributed by atoms with Crippen LogP contribution in [0.2, 0.25) is 5.02 Å². The van der Waals surface area contributed by atoms with Gasteiger partial charge in [0, 0.05) is 21.7 Å². The third-order valence-electron chi connectivity index (χ3n) is 4.15. The van der Waals surface area contributed by atoms with Crippen LogP contribution in [0.1, 0.15) is 11.3 Å². The maximum Gasteiger partial charge on any atom is 0.179 e. The van der Waals surface area contributed by atoms with E-state index >= 15 is 0 Å². The third kappa shape index (κ3) is 2.99. The number of aromatic nitrogens is 3. The first-order valence-corrected chi connectivity index (χ1v) is 8.47. The zero-order valence-corrected chi connectivity index (χ0v) is 14.7. The molecule has 4 heteroatoms. The molecule has 0 N–H and O–H groups in total. The van der Waals surface area contributed by atoms with Gasteiger partial charge in [0.05, 0.1) is 11.2 Å². The van der Waals surface area contributed by atoms with Gasteiger partial charge in [-0.25, -0.2) is 15.0 Å². The Labute approximate surface area is 151 Å². The monoisotopic (exact) mass is 345 g/mol. The third-order valence-corrected chi connectivity index (χ3v) is 4.58. The Morgan fingerprint density at radius 2 is 1.64 bits per heavy atom. The van der Waals surface area contributed by atoms with Gasteiger partial charge in [0.25, 0.3) is 0 Å². The summed E-state index contributed by atoms with van der Waals surface area (Å²) in [4.78, 5) is 14.1. The summed E-state index contributed by atoms with van der Waals surface area (Å²) >= 11 is 6.19. The second kappa shape index (κ2) is 6.26. The maximum absolute atomic E-state index is 6.19. The molecule has 0 saturated heterocycles. The number of nitrogens with zero attached hydrogens (tertiary/aromatic N) is 3. The quantitative estimate of drug-likeness (QED) is 0.472. The lowest BCUT2D eigenvalue weighted by atomic mass is 10.0. The van der Waals surface area contributed by atoms with E-state index in [9.17, 15) is 0 Å². The summed E-state index contributed by atoms with van der Waals surface area (Å²) in [6.07, 6.45) is 0. The molecule has 0 fully saturated rings. The average molecular weight is 346 g/mol. The standard InChI is InChI=1S/C21H16ClN3/c1-13-12-15(10-11-17(13)22)20-16-7-3-4-8-18(16)24-21(25-20)19-9-5-6-14(2)23-19/h3-12H,1-2H3. The van der Waals surface area contributed by atoms with E-state index in [1.807, 2.05) is 68.4 Å². The van der Waals surface area contributed by atoms with Crippen molar-refractivity contribution in [2.24, 2.45) is 0 Å². The predicted molar refractivity (Wildman–Crippen MR) is 103 cm³/mol. The molecular formula is C21H16ClN3. The van der Waals surface area contributed by atoms with Gasteiger partial charge in [0.1, 0.15) is 5.69 Å². The predicted octanol–water partition coefficient (Wildman–Crippen LogP) is 5.63. The smallest absolute Gasteiger partial charge is 0.179 e. The number of rotatable bonds is 2. The van der Waals surface area contributed by atoms with Crippen LogP contribution in [0.4, 0.5) is 0 Å². The van der Waals surface area contributed by atoms with Gasteiger partial charge in [-0.3, -0.25) is 0 Å². The van der Waals surface area contributed by atoms with Crippen LogP contribution < -0.4 is 0 Å². The van der Waals surface area contributed by atoms with Gasteiger partial charge < -0.3 is 0 Å². The normalized spacial score (nSPS) is 11.0. The van der Waals surface area contributed by atoms with Crippen LogP contribution >= 0.6 is 11.6 Å². The van der Waals surface area contributed by atoms with E-state index in [-0.39, 0.29) is 0 Å². The number of halogens is 1. The summed E-state index contributed by atoms with van der Waals surface area (Å²) in [5, 5.41) is 1.77. The molecule has 0 radical (unpaired) electrons. The Hall–Kier alpha value is -2.78. The topological polar surface area (TPSA) is 38.7 Å². The highest BCUT2D eigenvalue weighted by Gasteiger charge is 2.12. The molecule has 0 unspecified atom stereocenters. The van der Waals surface area contributed by atoms with Gasteiger partial charge in [-0.2, -0.15) is 0 Å². The van der Waals surface area contributed by atoms with Crippen molar-refractivity contribution in [1.29, 1.82) is 0 Å². The first kappa shape index (κ1) is 15.7. The molecule has 0 atom stereocenters. The molecule has 4 aromatic rings. The maximum atomic E-state index is 6.19. The number of pyridine rings is 1. The van der Waals surface area contributed by atoms with Gasteiger partial charge in [-0.15, -0.1) is 0 Å². The van der Waals surface area contributed by atoms with Gasteiger partial charge in [-0.1, -0.05) is 41.9 Å². The largest absolute Gasteiger partial charge is 0.250 e. The highest BCUT2D eigenvalue weighted by molar-refractivity contribution is 6.31. The number of para-hydroxylation sites is 1. The van der Waals surface area contributed by atoms with E-state index in [1.54, 1.807) is 0 Å². The molecule has 0 bridgehead atoms. The van der Waals surface area contributed by atoms with Crippen molar-refractivity contribution in [2.45, 2.75) is 13.8 Å². The van der Waals surface area contributed by atoms with E-state index < -0.39 is 0 Å². The SMILES string of the molecule is Cc1cccc(-c2nc(-c3ccc(Cl)c(C)c3)c3ccccc3n2)n1. The molecule has 3 nitrogen and oxygen atoms in total. The van der Waals surface area contributed by atoms with Crippen LogP contribution in [0.15, 0.2) is 60.7 Å². The minimum Gasteiger partial charge on any atom is -0.250 e. The molecule has 2 aromatic carbocycles. The molecule has 122 valence electrons. The zero-order chi connectivity index (χ0) is 17.4. The van der Waals surface area contributed by atoms with Gasteiger partial charge >= 0.3 is 0 Å². The van der Waals surface area contributed by atoms with E-state index in [4.69, 9.17) is 21.6 Å². The molecule has 0 amide bonds. The minimum atomic E-state index is 0.630. The number of benzene rings is 2. The number of aryl methyl sites for hydroxylation is 2. The van der Waals surface area contributed by atoms with Gasteiger partial charge in [0.2, 0.25) is 0 Å². The van der Waals surface area contributed by atoms with E-state index in [2.05, 4.69) is 11.1 Å². The Morgan fingerprint density at radius 1 is 0.800 bits per heavy atom.